The number of hydrogen-bond acceptors (Lipinski definition) is 6. The van der Waals surface area contributed by atoms with Crippen LogP contribution in [0.5, 0.6) is 5.75 Å². The molecular formula is C24H28BrN3O5S. The molecule has 8 nitrogen and oxygen atoms in total. The first-order chi connectivity index (χ1) is 16.1. The summed E-state index contributed by atoms with van der Waals surface area (Å²) in [5, 5.41) is 6.51. The molecule has 0 unspecified atom stereocenters. The highest BCUT2D eigenvalue weighted by Gasteiger charge is 2.19. The van der Waals surface area contributed by atoms with E-state index in [4.69, 9.17) is 9.26 Å². The number of ether oxygens (including phenoxy) is 1. The number of benzene rings is 2. The Hall–Kier alpha value is -2.85. The highest BCUT2D eigenvalue weighted by molar-refractivity contribution is 9.10. The highest BCUT2D eigenvalue weighted by atomic mass is 79.9. The largest absolute Gasteiger partial charge is 0.492 e. The van der Waals surface area contributed by atoms with Crippen LogP contribution >= 0.6 is 15.9 Å². The molecule has 0 radical (unpaired) electrons. The Morgan fingerprint density at radius 1 is 1.15 bits per heavy atom. The van der Waals surface area contributed by atoms with Crippen molar-refractivity contribution in [1.29, 1.82) is 0 Å². The molecule has 0 spiro atoms. The number of anilines is 2. The molecule has 0 atom stereocenters. The van der Waals surface area contributed by atoms with Crippen LogP contribution < -0.4 is 14.8 Å². The average Bonchev–Trinajstić information content (AvgIpc) is 3.09. The van der Waals surface area contributed by atoms with E-state index in [1.165, 1.54) is 29.8 Å². The second kappa shape index (κ2) is 11.1. The van der Waals surface area contributed by atoms with Crippen molar-refractivity contribution in [1.82, 2.24) is 5.16 Å². The summed E-state index contributed by atoms with van der Waals surface area (Å²) in [7, 11) is -3.84. The number of amides is 1. The lowest BCUT2D eigenvalue weighted by Gasteiger charge is -2.11. The Bertz CT molecular complexity index is 1250. The standard InChI is InChI=1S/C24H28BrN3O5S/c1-15(2)18-7-12-22(21(25)14-18)32-13-5-6-23(29)26-19-8-10-20(11-9-19)34(30,31)28-24-16(3)17(4)27-33-24/h7-12,14-15,28H,5-6,13H2,1-4H3,(H,26,29). The normalized spacial score (nSPS) is 11.5. The van der Waals surface area contributed by atoms with Crippen LogP contribution in [0.1, 0.15) is 49.4 Å². The number of nitrogens with zero attached hydrogens (tertiary/aromatic N) is 1. The predicted octanol–water partition coefficient (Wildman–Crippen LogP) is 5.78. The molecule has 1 aromatic heterocycles. The van der Waals surface area contributed by atoms with Gasteiger partial charge in [0.1, 0.15) is 5.75 Å². The molecule has 3 aromatic rings. The first-order valence-corrected chi connectivity index (χ1v) is 13.1. The van der Waals surface area contributed by atoms with E-state index >= 15 is 0 Å². The maximum Gasteiger partial charge on any atom is 0.264 e. The first kappa shape index (κ1) is 25.8. The monoisotopic (exact) mass is 549 g/mol. The van der Waals surface area contributed by atoms with Crippen LogP contribution in [0.2, 0.25) is 0 Å². The van der Waals surface area contributed by atoms with Gasteiger partial charge in [0, 0.05) is 17.7 Å². The van der Waals surface area contributed by atoms with Crippen LogP contribution in [0.3, 0.4) is 0 Å². The zero-order valence-corrected chi connectivity index (χ0v) is 21.9. The molecule has 0 saturated heterocycles. The number of aryl methyl sites for hydroxylation is 1. The van der Waals surface area contributed by atoms with Crippen LogP contribution in [0.4, 0.5) is 11.6 Å². The maximum absolute atomic E-state index is 12.6. The summed E-state index contributed by atoms with van der Waals surface area (Å²) in [6.45, 7) is 8.10. The minimum atomic E-state index is -3.84. The van der Waals surface area contributed by atoms with E-state index in [1.54, 1.807) is 13.8 Å². The molecule has 0 saturated carbocycles. The quantitative estimate of drug-likeness (QED) is 0.310. The Labute approximate surface area is 208 Å². The van der Waals surface area contributed by atoms with Crippen LogP contribution in [-0.4, -0.2) is 26.1 Å². The van der Waals surface area contributed by atoms with E-state index in [-0.39, 0.29) is 23.1 Å². The van der Waals surface area contributed by atoms with Crippen molar-refractivity contribution >= 4 is 43.4 Å². The molecule has 0 aliphatic heterocycles. The van der Waals surface area contributed by atoms with Gasteiger partial charge in [0.2, 0.25) is 11.8 Å². The van der Waals surface area contributed by atoms with Crippen molar-refractivity contribution in [2.75, 3.05) is 16.6 Å². The van der Waals surface area contributed by atoms with Gasteiger partial charge in [-0.1, -0.05) is 25.1 Å². The summed E-state index contributed by atoms with van der Waals surface area (Å²) in [4.78, 5) is 12.3. The van der Waals surface area contributed by atoms with Gasteiger partial charge in [-0.2, -0.15) is 0 Å². The van der Waals surface area contributed by atoms with Crippen LogP contribution in [-0.2, 0) is 14.8 Å². The second-order valence-electron chi connectivity index (χ2n) is 8.20. The number of sulfonamides is 1. The third kappa shape index (κ3) is 6.60. The molecule has 3 rings (SSSR count). The Morgan fingerprint density at radius 2 is 1.85 bits per heavy atom. The fourth-order valence-corrected chi connectivity index (χ4v) is 4.60. The molecule has 182 valence electrons. The fourth-order valence-electron chi connectivity index (χ4n) is 3.04. The zero-order valence-electron chi connectivity index (χ0n) is 19.5. The van der Waals surface area contributed by atoms with E-state index in [0.717, 1.165) is 10.2 Å². The summed E-state index contributed by atoms with van der Waals surface area (Å²) in [6, 6.07) is 11.9. The SMILES string of the molecule is Cc1noc(NS(=O)(=O)c2ccc(NC(=O)CCCOc3ccc(C(C)C)cc3Br)cc2)c1C. The number of nitrogens with one attached hydrogen (secondary N) is 2. The molecule has 1 amide bonds. The first-order valence-electron chi connectivity index (χ1n) is 10.8. The summed E-state index contributed by atoms with van der Waals surface area (Å²) >= 11 is 3.52. The van der Waals surface area contributed by atoms with Crippen molar-refractivity contribution in [3.8, 4) is 5.75 Å². The lowest BCUT2D eigenvalue weighted by Crippen LogP contribution is -2.14. The van der Waals surface area contributed by atoms with Gasteiger partial charge in [0.15, 0.2) is 0 Å². The smallest absolute Gasteiger partial charge is 0.264 e. The molecule has 0 aliphatic rings. The number of aromatic nitrogens is 1. The van der Waals surface area contributed by atoms with E-state index in [2.05, 4.69) is 45.0 Å². The van der Waals surface area contributed by atoms with Gasteiger partial charge < -0.3 is 14.6 Å². The minimum Gasteiger partial charge on any atom is -0.492 e. The van der Waals surface area contributed by atoms with E-state index in [9.17, 15) is 13.2 Å². The number of rotatable bonds is 10. The van der Waals surface area contributed by atoms with Crippen molar-refractivity contribution in [3.05, 3.63) is 63.8 Å². The maximum atomic E-state index is 12.6. The van der Waals surface area contributed by atoms with Gasteiger partial charge in [-0.15, -0.1) is 0 Å². The molecule has 2 N–H and O–H groups in total. The topological polar surface area (TPSA) is 111 Å². The number of hydrogen-bond donors (Lipinski definition) is 2. The van der Waals surface area contributed by atoms with E-state index in [1.807, 2.05) is 18.2 Å². The third-order valence-electron chi connectivity index (χ3n) is 5.26. The Balaban J connectivity index is 1.48. The molecule has 2 aromatic carbocycles. The fraction of sp³-hybridized carbons (Fsp3) is 0.333. The molecule has 34 heavy (non-hydrogen) atoms. The van der Waals surface area contributed by atoms with Gasteiger partial charge in [0.05, 0.1) is 21.7 Å². The van der Waals surface area contributed by atoms with Gasteiger partial charge in [-0.05, 0) is 84.1 Å². The van der Waals surface area contributed by atoms with Gasteiger partial charge in [0.25, 0.3) is 10.0 Å². The number of carbonyl (C=O) groups is 1. The molecular weight excluding hydrogens is 522 g/mol. The summed E-state index contributed by atoms with van der Waals surface area (Å²) < 4.78 is 39.2. The zero-order chi connectivity index (χ0) is 24.9. The molecule has 0 bridgehead atoms. The highest BCUT2D eigenvalue weighted by Crippen LogP contribution is 2.29. The van der Waals surface area contributed by atoms with Crippen molar-refractivity contribution < 1.29 is 22.5 Å². The van der Waals surface area contributed by atoms with Crippen LogP contribution in [0.25, 0.3) is 0 Å². The molecule has 0 aliphatic carbocycles. The van der Waals surface area contributed by atoms with Crippen LogP contribution in [0.15, 0.2) is 56.4 Å². The average molecular weight is 550 g/mol. The molecule has 0 fully saturated rings. The number of halogens is 1. The Kier molecular flexibility index (Phi) is 8.37. The lowest BCUT2D eigenvalue weighted by molar-refractivity contribution is -0.116. The summed E-state index contributed by atoms with van der Waals surface area (Å²) in [6.07, 6.45) is 0.809. The van der Waals surface area contributed by atoms with E-state index in [0.29, 0.717) is 35.9 Å². The van der Waals surface area contributed by atoms with Gasteiger partial charge in [-0.25, -0.2) is 13.1 Å². The second-order valence-corrected chi connectivity index (χ2v) is 10.7. The Morgan fingerprint density at radius 3 is 2.44 bits per heavy atom. The van der Waals surface area contributed by atoms with Crippen molar-refractivity contribution in [2.45, 2.75) is 51.3 Å². The van der Waals surface area contributed by atoms with Gasteiger partial charge in [-0.3, -0.25) is 4.79 Å². The lowest BCUT2D eigenvalue weighted by atomic mass is 10.0. The molecule has 1 heterocycles. The number of carbonyl (C=O) groups excluding carboxylic acids is 1. The minimum absolute atomic E-state index is 0.0430. The summed E-state index contributed by atoms with van der Waals surface area (Å²) in [5.41, 5.74) is 2.95. The van der Waals surface area contributed by atoms with Crippen LogP contribution in [0, 0.1) is 13.8 Å². The third-order valence-corrected chi connectivity index (χ3v) is 7.23. The van der Waals surface area contributed by atoms with Gasteiger partial charge >= 0.3 is 0 Å². The predicted molar refractivity (Wildman–Crippen MR) is 135 cm³/mol. The van der Waals surface area contributed by atoms with E-state index < -0.39 is 10.0 Å². The molecule has 10 heteroatoms. The summed E-state index contributed by atoms with van der Waals surface area (Å²) in [5.74, 6) is 1.08. The van der Waals surface area contributed by atoms with Crippen molar-refractivity contribution in [2.24, 2.45) is 0 Å². The van der Waals surface area contributed by atoms with Crippen molar-refractivity contribution in [3.63, 3.8) is 0 Å².